The average Bonchev–Trinajstić information content (AvgIpc) is 2.47. The van der Waals surface area contributed by atoms with E-state index in [1.807, 2.05) is 36.1 Å². The van der Waals surface area contributed by atoms with Gasteiger partial charge in [0, 0.05) is 19.6 Å². The first-order chi connectivity index (χ1) is 9.65. The van der Waals surface area contributed by atoms with Crippen molar-refractivity contribution in [1.29, 1.82) is 0 Å². The largest absolute Gasteiger partial charge is 0.365 e. The predicted octanol–water partition coefficient (Wildman–Crippen LogP) is 3.62. The third kappa shape index (κ3) is 3.17. The Morgan fingerprint density at radius 1 is 1.15 bits per heavy atom. The Morgan fingerprint density at radius 3 is 2.50 bits per heavy atom. The lowest BCUT2D eigenvalue weighted by Crippen LogP contribution is -2.23. The molecule has 0 fully saturated rings. The highest BCUT2D eigenvalue weighted by Crippen LogP contribution is 2.23. The minimum absolute atomic E-state index is 0.205. The molecule has 2 N–H and O–H groups in total. The lowest BCUT2D eigenvalue weighted by molar-refractivity contribution is 0.615. The van der Waals surface area contributed by atoms with E-state index < -0.39 is 0 Å². The molecule has 0 aromatic heterocycles. The number of hydrogen-bond donors (Lipinski definition) is 1. The maximum atomic E-state index is 14.2. The number of nitrogens with two attached hydrogens (primary N) is 1. The second kappa shape index (κ2) is 6.53. The van der Waals surface area contributed by atoms with E-state index in [2.05, 4.69) is 19.1 Å². The maximum absolute atomic E-state index is 14.2. The first-order valence-corrected chi connectivity index (χ1v) is 6.93. The van der Waals surface area contributed by atoms with Crippen molar-refractivity contribution in [2.75, 3.05) is 11.4 Å². The van der Waals surface area contributed by atoms with Crippen molar-refractivity contribution >= 4 is 5.69 Å². The Morgan fingerprint density at radius 2 is 1.90 bits per heavy atom. The van der Waals surface area contributed by atoms with Crippen LogP contribution in [0.25, 0.3) is 0 Å². The Labute approximate surface area is 120 Å². The van der Waals surface area contributed by atoms with Gasteiger partial charge in [-0.15, -0.1) is 0 Å². The first kappa shape index (κ1) is 14.5. The third-order valence-corrected chi connectivity index (χ3v) is 3.59. The number of halogens is 1. The van der Waals surface area contributed by atoms with E-state index >= 15 is 0 Å². The van der Waals surface area contributed by atoms with Crippen LogP contribution in [0.1, 0.15) is 23.6 Å². The summed E-state index contributed by atoms with van der Waals surface area (Å²) in [7, 11) is 0. The topological polar surface area (TPSA) is 29.3 Å². The summed E-state index contributed by atoms with van der Waals surface area (Å²) in [6, 6.07) is 13.4. The molecular weight excluding hydrogens is 251 g/mol. The summed E-state index contributed by atoms with van der Waals surface area (Å²) in [6.07, 6.45) is 0. The second-order valence-corrected chi connectivity index (χ2v) is 4.93. The molecule has 0 amide bonds. The highest BCUT2D eigenvalue weighted by atomic mass is 19.1. The lowest BCUT2D eigenvalue weighted by atomic mass is 10.1. The minimum Gasteiger partial charge on any atom is -0.365 e. The molecule has 0 bridgehead atoms. The molecule has 0 aliphatic carbocycles. The van der Waals surface area contributed by atoms with Gasteiger partial charge in [-0.25, -0.2) is 4.39 Å². The van der Waals surface area contributed by atoms with Gasteiger partial charge in [0.15, 0.2) is 0 Å². The van der Waals surface area contributed by atoms with Crippen LogP contribution >= 0.6 is 0 Å². The quantitative estimate of drug-likeness (QED) is 0.900. The molecule has 2 aromatic rings. The van der Waals surface area contributed by atoms with Crippen molar-refractivity contribution in [3.05, 3.63) is 65.0 Å². The molecule has 0 atom stereocenters. The van der Waals surface area contributed by atoms with Gasteiger partial charge in [0.05, 0.1) is 5.69 Å². The third-order valence-electron chi connectivity index (χ3n) is 3.59. The Bertz CT molecular complexity index is 581. The van der Waals surface area contributed by atoms with Crippen molar-refractivity contribution < 1.29 is 4.39 Å². The highest BCUT2D eigenvalue weighted by molar-refractivity contribution is 5.50. The summed E-state index contributed by atoms with van der Waals surface area (Å²) < 4.78 is 14.2. The summed E-state index contributed by atoms with van der Waals surface area (Å²) in [4.78, 5) is 2.04. The van der Waals surface area contributed by atoms with E-state index in [0.29, 0.717) is 18.8 Å². The summed E-state index contributed by atoms with van der Waals surface area (Å²) in [6.45, 7) is 5.95. The van der Waals surface area contributed by atoms with Crippen LogP contribution < -0.4 is 10.6 Å². The summed E-state index contributed by atoms with van der Waals surface area (Å²) >= 11 is 0. The second-order valence-electron chi connectivity index (χ2n) is 4.93. The normalized spacial score (nSPS) is 10.6. The van der Waals surface area contributed by atoms with Crippen molar-refractivity contribution in [1.82, 2.24) is 0 Å². The van der Waals surface area contributed by atoms with E-state index in [9.17, 15) is 4.39 Å². The molecular formula is C17H21FN2. The first-order valence-electron chi connectivity index (χ1n) is 6.93. The fraction of sp³-hybridized carbons (Fsp3) is 0.294. The lowest BCUT2D eigenvalue weighted by Gasteiger charge is -2.25. The Hall–Kier alpha value is -1.87. The SMILES string of the molecule is CCN(Cc1ccccc1C)c1ccc(CN)cc1F. The number of hydrogen-bond acceptors (Lipinski definition) is 2. The van der Waals surface area contributed by atoms with Gasteiger partial charge in [-0.3, -0.25) is 0 Å². The van der Waals surface area contributed by atoms with Crippen LogP contribution in [0.15, 0.2) is 42.5 Å². The molecule has 0 unspecified atom stereocenters. The van der Waals surface area contributed by atoms with Crippen LogP contribution in [-0.2, 0) is 13.1 Å². The van der Waals surface area contributed by atoms with Gasteiger partial charge in [-0.1, -0.05) is 30.3 Å². The van der Waals surface area contributed by atoms with Crippen molar-refractivity contribution in [3.8, 4) is 0 Å². The van der Waals surface area contributed by atoms with Crippen molar-refractivity contribution in [3.63, 3.8) is 0 Å². The van der Waals surface area contributed by atoms with Gasteiger partial charge in [-0.2, -0.15) is 0 Å². The van der Waals surface area contributed by atoms with Crippen LogP contribution in [0, 0.1) is 12.7 Å². The molecule has 20 heavy (non-hydrogen) atoms. The molecule has 0 saturated heterocycles. The minimum atomic E-state index is -0.205. The predicted molar refractivity (Wildman–Crippen MR) is 82.2 cm³/mol. The van der Waals surface area contributed by atoms with Gasteiger partial charge < -0.3 is 10.6 Å². The fourth-order valence-electron chi connectivity index (χ4n) is 2.29. The fourth-order valence-corrected chi connectivity index (χ4v) is 2.29. The smallest absolute Gasteiger partial charge is 0.146 e. The molecule has 0 spiro atoms. The molecule has 2 aromatic carbocycles. The number of nitrogens with zero attached hydrogens (tertiary/aromatic N) is 1. The van der Waals surface area contributed by atoms with E-state index in [4.69, 9.17) is 5.73 Å². The van der Waals surface area contributed by atoms with E-state index in [-0.39, 0.29) is 5.82 Å². The van der Waals surface area contributed by atoms with Gasteiger partial charge in [0.25, 0.3) is 0 Å². The number of anilines is 1. The zero-order valence-electron chi connectivity index (χ0n) is 12.1. The molecule has 0 heterocycles. The number of rotatable bonds is 5. The zero-order valence-corrected chi connectivity index (χ0v) is 12.1. The average molecular weight is 272 g/mol. The van der Waals surface area contributed by atoms with Crippen LogP contribution in [0.2, 0.25) is 0 Å². The summed E-state index contributed by atoms with van der Waals surface area (Å²) in [5, 5.41) is 0. The van der Waals surface area contributed by atoms with Crippen LogP contribution in [0.3, 0.4) is 0 Å². The molecule has 3 heteroatoms. The molecule has 0 saturated carbocycles. The molecule has 2 nitrogen and oxygen atoms in total. The van der Waals surface area contributed by atoms with E-state index in [1.54, 1.807) is 0 Å². The maximum Gasteiger partial charge on any atom is 0.146 e. The number of benzene rings is 2. The molecule has 106 valence electrons. The summed E-state index contributed by atoms with van der Waals surface area (Å²) in [5.41, 5.74) is 9.44. The van der Waals surface area contributed by atoms with Crippen LogP contribution in [0.5, 0.6) is 0 Å². The Balaban J connectivity index is 2.27. The molecule has 0 radical (unpaired) electrons. The van der Waals surface area contributed by atoms with Gasteiger partial charge in [0.1, 0.15) is 5.82 Å². The molecule has 2 rings (SSSR count). The van der Waals surface area contributed by atoms with Crippen molar-refractivity contribution in [2.24, 2.45) is 5.73 Å². The van der Waals surface area contributed by atoms with Crippen LogP contribution in [-0.4, -0.2) is 6.54 Å². The van der Waals surface area contributed by atoms with E-state index in [0.717, 1.165) is 12.1 Å². The standard InChI is InChI=1S/C17H21FN2/c1-3-20(12-15-7-5-4-6-13(15)2)17-9-8-14(11-19)10-16(17)18/h4-10H,3,11-12,19H2,1-2H3. The highest BCUT2D eigenvalue weighted by Gasteiger charge is 2.12. The Kier molecular flexibility index (Phi) is 4.74. The van der Waals surface area contributed by atoms with Crippen LogP contribution in [0.4, 0.5) is 10.1 Å². The van der Waals surface area contributed by atoms with Gasteiger partial charge in [-0.05, 0) is 42.7 Å². The monoisotopic (exact) mass is 272 g/mol. The van der Waals surface area contributed by atoms with Gasteiger partial charge >= 0.3 is 0 Å². The molecule has 0 aliphatic rings. The van der Waals surface area contributed by atoms with Gasteiger partial charge in [0.2, 0.25) is 0 Å². The van der Waals surface area contributed by atoms with Crippen molar-refractivity contribution in [2.45, 2.75) is 26.9 Å². The zero-order chi connectivity index (χ0) is 14.5. The van der Waals surface area contributed by atoms with E-state index in [1.165, 1.54) is 17.2 Å². The molecule has 0 aliphatic heterocycles. The summed E-state index contributed by atoms with van der Waals surface area (Å²) in [5.74, 6) is -0.205. The number of aryl methyl sites for hydroxylation is 1.